The van der Waals surface area contributed by atoms with Gasteiger partial charge in [-0.1, -0.05) is 52.7 Å². The molecule has 4 heteroatoms. The third-order valence-corrected chi connectivity index (χ3v) is 4.06. The van der Waals surface area contributed by atoms with Gasteiger partial charge in [0.1, 0.15) is 0 Å². The Morgan fingerprint density at radius 3 is 2.60 bits per heavy atom. The van der Waals surface area contributed by atoms with Crippen LogP contribution in [0.4, 0.5) is 5.69 Å². The highest BCUT2D eigenvalue weighted by atomic mass is 79.9. The normalized spacial score (nSPS) is 11.0. The number of nitrogens with zero attached hydrogens (tertiary/aromatic N) is 1. The van der Waals surface area contributed by atoms with Crippen LogP contribution in [0.2, 0.25) is 5.02 Å². The Balaban J connectivity index is 2.09. The van der Waals surface area contributed by atoms with E-state index in [-0.39, 0.29) is 0 Å². The number of benzene rings is 2. The van der Waals surface area contributed by atoms with Gasteiger partial charge in [-0.3, -0.25) is 4.90 Å². The number of nitrogens with two attached hydrogens (primary N) is 1. The van der Waals surface area contributed by atoms with Crippen LogP contribution in [0.15, 0.2) is 46.9 Å². The van der Waals surface area contributed by atoms with Crippen molar-refractivity contribution in [2.75, 3.05) is 12.3 Å². The molecule has 0 saturated heterocycles. The fraction of sp³-hybridized carbons (Fsp3) is 0.250. The first kappa shape index (κ1) is 15.4. The van der Waals surface area contributed by atoms with E-state index in [2.05, 4.69) is 39.9 Å². The van der Waals surface area contributed by atoms with Crippen LogP contribution in [0, 0.1) is 0 Å². The molecule has 0 amide bonds. The third-order valence-electron chi connectivity index (χ3n) is 3.21. The molecule has 2 aromatic rings. The second-order valence-electron chi connectivity index (χ2n) is 4.78. The first-order valence-electron chi connectivity index (χ1n) is 6.59. The summed E-state index contributed by atoms with van der Waals surface area (Å²) in [4.78, 5) is 2.34. The lowest BCUT2D eigenvalue weighted by Gasteiger charge is -2.21. The van der Waals surface area contributed by atoms with Crippen molar-refractivity contribution in [1.29, 1.82) is 0 Å². The molecule has 0 radical (unpaired) electrons. The predicted octanol–water partition coefficient (Wildman–Crippen LogP) is 4.71. The fourth-order valence-corrected chi connectivity index (χ4v) is 2.85. The van der Waals surface area contributed by atoms with Crippen molar-refractivity contribution in [2.45, 2.75) is 20.0 Å². The second kappa shape index (κ2) is 7.11. The summed E-state index contributed by atoms with van der Waals surface area (Å²) in [7, 11) is 0. The topological polar surface area (TPSA) is 29.3 Å². The molecule has 2 aromatic carbocycles. The first-order chi connectivity index (χ1) is 9.58. The van der Waals surface area contributed by atoms with Crippen LogP contribution in [0.5, 0.6) is 0 Å². The molecule has 0 aromatic heterocycles. The molecule has 2 rings (SSSR count). The summed E-state index contributed by atoms with van der Waals surface area (Å²) in [5.74, 6) is 0. The Kier molecular flexibility index (Phi) is 5.46. The van der Waals surface area contributed by atoms with E-state index in [0.717, 1.165) is 40.4 Å². The molecule has 0 heterocycles. The molecular weight excluding hydrogens is 336 g/mol. The Morgan fingerprint density at radius 2 is 1.95 bits per heavy atom. The minimum atomic E-state index is 0.797. The first-order valence-corrected chi connectivity index (χ1v) is 7.76. The van der Waals surface area contributed by atoms with Crippen molar-refractivity contribution in [3.8, 4) is 0 Å². The Labute approximate surface area is 133 Å². The van der Waals surface area contributed by atoms with Gasteiger partial charge in [0, 0.05) is 28.3 Å². The molecule has 0 spiro atoms. The van der Waals surface area contributed by atoms with Crippen molar-refractivity contribution >= 4 is 33.2 Å². The Hall–Kier alpha value is -1.03. The van der Waals surface area contributed by atoms with Gasteiger partial charge in [0.15, 0.2) is 0 Å². The monoisotopic (exact) mass is 352 g/mol. The highest BCUT2D eigenvalue weighted by molar-refractivity contribution is 9.10. The summed E-state index contributed by atoms with van der Waals surface area (Å²) >= 11 is 9.71. The number of rotatable bonds is 5. The fourth-order valence-electron chi connectivity index (χ4n) is 2.12. The number of hydrogen-bond donors (Lipinski definition) is 1. The average molecular weight is 354 g/mol. The molecule has 0 fully saturated rings. The van der Waals surface area contributed by atoms with Crippen LogP contribution in [0.3, 0.4) is 0 Å². The number of hydrogen-bond acceptors (Lipinski definition) is 2. The predicted molar refractivity (Wildman–Crippen MR) is 89.8 cm³/mol. The third kappa shape index (κ3) is 4.23. The smallest absolute Gasteiger partial charge is 0.0462 e. The zero-order valence-corrected chi connectivity index (χ0v) is 13.8. The van der Waals surface area contributed by atoms with E-state index in [1.807, 2.05) is 30.3 Å². The number of anilines is 1. The van der Waals surface area contributed by atoms with Crippen molar-refractivity contribution in [2.24, 2.45) is 0 Å². The summed E-state index contributed by atoms with van der Waals surface area (Å²) in [6, 6.07) is 14.0. The zero-order valence-electron chi connectivity index (χ0n) is 11.4. The van der Waals surface area contributed by atoms with E-state index in [1.165, 1.54) is 5.56 Å². The van der Waals surface area contributed by atoms with Crippen LogP contribution >= 0.6 is 27.5 Å². The van der Waals surface area contributed by atoms with Crippen LogP contribution < -0.4 is 5.73 Å². The zero-order chi connectivity index (χ0) is 14.5. The van der Waals surface area contributed by atoms with Crippen LogP contribution in [0.25, 0.3) is 0 Å². The SMILES string of the molecule is CCN(Cc1cccc(N)c1)Cc1ccc(Br)cc1Cl. The van der Waals surface area contributed by atoms with E-state index in [1.54, 1.807) is 0 Å². The van der Waals surface area contributed by atoms with Gasteiger partial charge in [0.05, 0.1) is 0 Å². The molecule has 0 unspecified atom stereocenters. The molecule has 106 valence electrons. The molecule has 0 atom stereocenters. The van der Waals surface area contributed by atoms with Crippen LogP contribution in [-0.2, 0) is 13.1 Å². The van der Waals surface area contributed by atoms with Gasteiger partial charge in [-0.15, -0.1) is 0 Å². The largest absolute Gasteiger partial charge is 0.399 e. The minimum absolute atomic E-state index is 0.797. The molecule has 0 bridgehead atoms. The Bertz CT molecular complexity index is 586. The molecular formula is C16H18BrClN2. The molecule has 2 N–H and O–H groups in total. The van der Waals surface area contributed by atoms with Gasteiger partial charge in [-0.2, -0.15) is 0 Å². The van der Waals surface area contributed by atoms with E-state index in [4.69, 9.17) is 17.3 Å². The van der Waals surface area contributed by atoms with E-state index in [9.17, 15) is 0 Å². The summed E-state index contributed by atoms with van der Waals surface area (Å²) in [6.07, 6.45) is 0. The second-order valence-corrected chi connectivity index (χ2v) is 6.11. The van der Waals surface area contributed by atoms with Gasteiger partial charge in [-0.05, 0) is 41.9 Å². The molecule has 2 nitrogen and oxygen atoms in total. The highest BCUT2D eigenvalue weighted by Crippen LogP contribution is 2.23. The maximum atomic E-state index is 6.28. The van der Waals surface area contributed by atoms with Crippen LogP contribution in [0.1, 0.15) is 18.1 Å². The standard InChI is InChI=1S/C16H18BrClN2/c1-2-20(10-12-4-3-5-15(19)8-12)11-13-6-7-14(17)9-16(13)18/h3-9H,2,10-11,19H2,1H3. The maximum absolute atomic E-state index is 6.28. The quantitative estimate of drug-likeness (QED) is 0.789. The lowest BCUT2D eigenvalue weighted by atomic mass is 10.1. The maximum Gasteiger partial charge on any atom is 0.0462 e. The van der Waals surface area contributed by atoms with Gasteiger partial charge in [0.25, 0.3) is 0 Å². The minimum Gasteiger partial charge on any atom is -0.399 e. The molecule has 20 heavy (non-hydrogen) atoms. The molecule has 0 aliphatic rings. The van der Waals surface area contributed by atoms with Crippen molar-refractivity contribution < 1.29 is 0 Å². The summed E-state index contributed by atoms with van der Waals surface area (Å²) in [6.45, 7) is 4.81. The summed E-state index contributed by atoms with van der Waals surface area (Å²) < 4.78 is 1.00. The van der Waals surface area contributed by atoms with Crippen LogP contribution in [-0.4, -0.2) is 11.4 Å². The van der Waals surface area contributed by atoms with E-state index < -0.39 is 0 Å². The lowest BCUT2D eigenvalue weighted by molar-refractivity contribution is 0.271. The van der Waals surface area contributed by atoms with Gasteiger partial charge >= 0.3 is 0 Å². The summed E-state index contributed by atoms with van der Waals surface area (Å²) in [5, 5.41) is 0.797. The van der Waals surface area contributed by atoms with Gasteiger partial charge < -0.3 is 5.73 Å². The Morgan fingerprint density at radius 1 is 1.15 bits per heavy atom. The van der Waals surface area contributed by atoms with Crippen molar-refractivity contribution in [1.82, 2.24) is 4.90 Å². The molecule has 0 aliphatic heterocycles. The van der Waals surface area contributed by atoms with E-state index in [0.29, 0.717) is 0 Å². The van der Waals surface area contributed by atoms with Gasteiger partial charge in [-0.25, -0.2) is 0 Å². The van der Waals surface area contributed by atoms with E-state index >= 15 is 0 Å². The van der Waals surface area contributed by atoms with Gasteiger partial charge in [0.2, 0.25) is 0 Å². The molecule has 0 aliphatic carbocycles. The molecule has 0 saturated carbocycles. The lowest BCUT2D eigenvalue weighted by Crippen LogP contribution is -2.22. The number of halogens is 2. The number of nitrogen functional groups attached to an aromatic ring is 1. The van der Waals surface area contributed by atoms with Crippen molar-refractivity contribution in [3.05, 3.63) is 63.1 Å². The highest BCUT2D eigenvalue weighted by Gasteiger charge is 2.08. The summed E-state index contributed by atoms with van der Waals surface area (Å²) in [5.41, 5.74) is 8.99. The average Bonchev–Trinajstić information content (AvgIpc) is 2.41. The van der Waals surface area contributed by atoms with Crippen molar-refractivity contribution in [3.63, 3.8) is 0 Å².